The van der Waals surface area contributed by atoms with Crippen LogP contribution in [0.2, 0.25) is 0 Å². The van der Waals surface area contributed by atoms with E-state index in [-0.39, 0.29) is 18.4 Å². The lowest BCUT2D eigenvalue weighted by Crippen LogP contribution is -2.31. The maximum atomic E-state index is 11.9. The smallest absolute Gasteiger partial charge is 0.222 e. The predicted octanol–water partition coefficient (Wildman–Crippen LogP) is 2.01. The summed E-state index contributed by atoms with van der Waals surface area (Å²) in [6.45, 7) is 0.808. The maximum Gasteiger partial charge on any atom is 0.222 e. The zero-order valence-electron chi connectivity index (χ0n) is 14.2. The summed E-state index contributed by atoms with van der Waals surface area (Å²) < 4.78 is 7.16. The van der Waals surface area contributed by atoms with Gasteiger partial charge in [0.15, 0.2) is 0 Å². The van der Waals surface area contributed by atoms with Crippen LogP contribution in [0, 0.1) is 0 Å². The van der Waals surface area contributed by atoms with Gasteiger partial charge < -0.3 is 15.8 Å². The molecule has 1 heterocycles. The van der Waals surface area contributed by atoms with Crippen LogP contribution in [0.4, 0.5) is 0 Å². The second kappa shape index (κ2) is 7.92. The third-order valence-electron chi connectivity index (χ3n) is 4.17. The summed E-state index contributed by atoms with van der Waals surface area (Å²) in [6.07, 6.45) is 1.85. The molecule has 3 rings (SSSR count). The summed E-state index contributed by atoms with van der Waals surface area (Å²) in [5.41, 5.74) is 9.62. The summed E-state index contributed by atoms with van der Waals surface area (Å²) in [7, 11) is 1.56. The van der Waals surface area contributed by atoms with E-state index in [1.54, 1.807) is 7.11 Å². The van der Waals surface area contributed by atoms with Crippen LogP contribution in [0.5, 0.6) is 0 Å². The quantitative estimate of drug-likeness (QED) is 0.690. The third kappa shape index (κ3) is 4.04. The van der Waals surface area contributed by atoms with Crippen LogP contribution in [-0.2, 0) is 16.1 Å². The number of amides is 1. The molecule has 0 bridgehead atoms. The number of hydrogen-bond acceptors (Lipinski definition) is 4. The van der Waals surface area contributed by atoms with Crippen molar-refractivity contribution >= 4 is 16.9 Å². The molecule has 0 saturated carbocycles. The average Bonchev–Trinajstić information content (AvgIpc) is 3.09. The summed E-state index contributed by atoms with van der Waals surface area (Å²) in [4.78, 5) is 16.3. The molecule has 130 valence electrons. The van der Waals surface area contributed by atoms with Crippen LogP contribution in [0.1, 0.15) is 12.0 Å². The van der Waals surface area contributed by atoms with E-state index in [0.717, 1.165) is 22.3 Å². The number of ether oxygens (including phenoxy) is 1. The number of hydrogen-bond donors (Lipinski definition) is 2. The number of nitrogens with two attached hydrogens (primary N) is 1. The molecule has 1 amide bonds. The Morgan fingerprint density at radius 1 is 1.24 bits per heavy atom. The van der Waals surface area contributed by atoms with Gasteiger partial charge in [0.25, 0.3) is 0 Å². The molecule has 6 nitrogen and oxygen atoms in total. The van der Waals surface area contributed by atoms with E-state index in [1.165, 1.54) is 0 Å². The molecule has 1 aromatic heterocycles. The van der Waals surface area contributed by atoms with Crippen LogP contribution in [0.25, 0.3) is 16.7 Å². The number of rotatable bonds is 7. The first-order valence-electron chi connectivity index (χ1n) is 8.22. The van der Waals surface area contributed by atoms with E-state index in [2.05, 4.69) is 10.3 Å². The van der Waals surface area contributed by atoms with Crippen molar-refractivity contribution in [3.63, 3.8) is 0 Å². The van der Waals surface area contributed by atoms with E-state index >= 15 is 0 Å². The van der Waals surface area contributed by atoms with Crippen molar-refractivity contribution in [2.75, 3.05) is 13.7 Å². The fraction of sp³-hybridized carbons (Fsp3) is 0.263. The van der Waals surface area contributed by atoms with Gasteiger partial charge in [0.1, 0.15) is 6.33 Å². The summed E-state index contributed by atoms with van der Waals surface area (Å²) >= 11 is 0. The molecule has 0 spiro atoms. The molecule has 0 aliphatic carbocycles. The number of nitrogens with zero attached hydrogens (tertiary/aromatic N) is 2. The van der Waals surface area contributed by atoms with Crippen molar-refractivity contribution in [1.82, 2.24) is 14.9 Å². The number of carbonyl (C=O) groups is 1. The molecule has 25 heavy (non-hydrogen) atoms. The standard InChI is InChI=1S/C19H22N4O2/c1-25-16(11-20)10-19(24)21-12-14-6-8-15(9-7-14)23-13-22-17-4-2-3-5-18(17)23/h2-9,13,16H,10-12,20H2,1H3,(H,21,24). The van der Waals surface area contributed by atoms with Crippen molar-refractivity contribution < 1.29 is 9.53 Å². The van der Waals surface area contributed by atoms with Crippen LogP contribution < -0.4 is 11.1 Å². The number of methoxy groups -OCH3 is 1. The summed E-state index contributed by atoms with van der Waals surface area (Å²) in [5, 5.41) is 2.89. The second-order valence-corrected chi connectivity index (χ2v) is 5.84. The van der Waals surface area contributed by atoms with E-state index in [0.29, 0.717) is 13.1 Å². The average molecular weight is 338 g/mol. The van der Waals surface area contributed by atoms with Crippen molar-refractivity contribution in [3.8, 4) is 5.69 Å². The Kier molecular flexibility index (Phi) is 5.42. The van der Waals surface area contributed by atoms with Gasteiger partial charge in [-0.15, -0.1) is 0 Å². The fourth-order valence-electron chi connectivity index (χ4n) is 2.68. The van der Waals surface area contributed by atoms with E-state index in [1.807, 2.05) is 59.4 Å². The van der Waals surface area contributed by atoms with E-state index in [4.69, 9.17) is 10.5 Å². The number of fused-ring (bicyclic) bond motifs is 1. The Labute approximate surface area is 146 Å². The van der Waals surface area contributed by atoms with Crippen molar-refractivity contribution in [2.24, 2.45) is 5.73 Å². The first-order valence-corrected chi connectivity index (χ1v) is 8.22. The Balaban J connectivity index is 1.64. The minimum Gasteiger partial charge on any atom is -0.380 e. The molecule has 3 N–H and O–H groups in total. The number of benzene rings is 2. The van der Waals surface area contributed by atoms with Gasteiger partial charge in [-0.05, 0) is 29.8 Å². The minimum absolute atomic E-state index is 0.0676. The largest absolute Gasteiger partial charge is 0.380 e. The lowest BCUT2D eigenvalue weighted by Gasteiger charge is -2.13. The molecule has 0 aliphatic rings. The number of carbonyl (C=O) groups excluding carboxylic acids is 1. The Bertz CT molecular complexity index is 838. The zero-order valence-corrected chi connectivity index (χ0v) is 14.2. The van der Waals surface area contributed by atoms with Crippen LogP contribution in [0.15, 0.2) is 54.9 Å². The van der Waals surface area contributed by atoms with Crippen molar-refractivity contribution in [1.29, 1.82) is 0 Å². The van der Waals surface area contributed by atoms with Crippen molar-refractivity contribution in [3.05, 3.63) is 60.4 Å². The minimum atomic E-state index is -0.239. The van der Waals surface area contributed by atoms with E-state index in [9.17, 15) is 4.79 Å². The molecular formula is C19H22N4O2. The van der Waals surface area contributed by atoms with Gasteiger partial charge in [-0.2, -0.15) is 0 Å². The molecule has 0 saturated heterocycles. The van der Waals surface area contributed by atoms with E-state index < -0.39 is 0 Å². The molecule has 0 fully saturated rings. The van der Waals surface area contributed by atoms with Gasteiger partial charge >= 0.3 is 0 Å². The molecule has 6 heteroatoms. The monoisotopic (exact) mass is 338 g/mol. The zero-order chi connectivity index (χ0) is 17.6. The van der Waals surface area contributed by atoms with Crippen LogP contribution in [0.3, 0.4) is 0 Å². The molecule has 0 aliphatic heterocycles. The predicted molar refractivity (Wildman–Crippen MR) is 97.4 cm³/mol. The SMILES string of the molecule is COC(CN)CC(=O)NCc1ccc(-n2cnc3ccccc32)cc1. The lowest BCUT2D eigenvalue weighted by molar-refractivity contribution is -0.123. The summed E-state index contributed by atoms with van der Waals surface area (Å²) in [6, 6.07) is 16.1. The molecule has 3 aromatic rings. The number of aromatic nitrogens is 2. The number of para-hydroxylation sites is 2. The Morgan fingerprint density at radius 3 is 2.72 bits per heavy atom. The Morgan fingerprint density at radius 2 is 2.00 bits per heavy atom. The highest BCUT2D eigenvalue weighted by Gasteiger charge is 2.11. The number of imidazole rings is 1. The topological polar surface area (TPSA) is 82.2 Å². The van der Waals surface area contributed by atoms with Gasteiger partial charge in [-0.1, -0.05) is 24.3 Å². The lowest BCUT2D eigenvalue weighted by atomic mass is 10.2. The van der Waals surface area contributed by atoms with Gasteiger partial charge in [0.2, 0.25) is 5.91 Å². The van der Waals surface area contributed by atoms with Gasteiger partial charge in [-0.25, -0.2) is 4.98 Å². The van der Waals surface area contributed by atoms with Crippen LogP contribution in [-0.4, -0.2) is 35.2 Å². The van der Waals surface area contributed by atoms with Gasteiger partial charge in [0.05, 0.1) is 23.6 Å². The van der Waals surface area contributed by atoms with Gasteiger partial charge in [0, 0.05) is 25.9 Å². The molecule has 0 radical (unpaired) electrons. The molecule has 1 unspecified atom stereocenters. The van der Waals surface area contributed by atoms with Gasteiger partial charge in [-0.3, -0.25) is 9.36 Å². The van der Waals surface area contributed by atoms with Crippen molar-refractivity contribution in [2.45, 2.75) is 19.1 Å². The normalized spacial score (nSPS) is 12.2. The summed E-state index contributed by atoms with van der Waals surface area (Å²) in [5.74, 6) is -0.0676. The highest BCUT2D eigenvalue weighted by atomic mass is 16.5. The fourth-order valence-corrected chi connectivity index (χ4v) is 2.68. The second-order valence-electron chi connectivity index (χ2n) is 5.84. The molecule has 2 aromatic carbocycles. The highest BCUT2D eigenvalue weighted by Crippen LogP contribution is 2.18. The van der Waals surface area contributed by atoms with Crippen LogP contribution >= 0.6 is 0 Å². The third-order valence-corrected chi connectivity index (χ3v) is 4.17. The highest BCUT2D eigenvalue weighted by molar-refractivity contribution is 5.77. The first kappa shape index (κ1) is 17.1. The first-order chi connectivity index (χ1) is 12.2. The molecule has 1 atom stereocenters. The maximum absolute atomic E-state index is 11.9. The molecular weight excluding hydrogens is 316 g/mol. The Hall–Kier alpha value is -2.70. The number of nitrogens with one attached hydrogen (secondary N) is 1.